The molecule has 0 atom stereocenters. The number of Topliss-reactive ketones (excluding diaryl/α,β-unsaturated/α-hetero) is 1. The first-order valence-electron chi connectivity index (χ1n) is 5.22. The van der Waals surface area contributed by atoms with Crippen molar-refractivity contribution in [2.24, 2.45) is 5.92 Å². The molecule has 0 amide bonds. The van der Waals surface area contributed by atoms with E-state index in [1.165, 1.54) is 0 Å². The van der Waals surface area contributed by atoms with Crippen molar-refractivity contribution in [3.8, 4) is 17.2 Å². The van der Waals surface area contributed by atoms with Crippen LogP contribution in [-0.4, -0.2) is 19.2 Å². The van der Waals surface area contributed by atoms with Crippen molar-refractivity contribution in [2.45, 2.75) is 13.8 Å². The molecule has 0 aliphatic carbocycles. The van der Waals surface area contributed by atoms with Crippen molar-refractivity contribution in [1.82, 2.24) is 0 Å². The topological polar surface area (TPSA) is 44.8 Å². The van der Waals surface area contributed by atoms with Crippen LogP contribution in [0.2, 0.25) is 0 Å². The largest absolute Gasteiger partial charge is 0.486 e. The summed E-state index contributed by atoms with van der Waals surface area (Å²) >= 11 is 0. The molecule has 2 rings (SSSR count). The van der Waals surface area contributed by atoms with Crippen LogP contribution in [0.15, 0.2) is 18.2 Å². The van der Waals surface area contributed by atoms with E-state index in [1.54, 1.807) is 18.2 Å². The Morgan fingerprint density at radius 3 is 2.88 bits per heavy atom. The fraction of sp³-hybridized carbons (Fsp3) is 0.417. The molecule has 0 saturated heterocycles. The monoisotopic (exact) mass is 222 g/mol. The average molecular weight is 222 g/mol. The Balaban J connectivity index is 1.98. The fourth-order valence-electron chi connectivity index (χ4n) is 1.29. The number of fused-ring (bicyclic) bond motifs is 1. The molecule has 16 heavy (non-hydrogen) atoms. The Hall–Kier alpha value is -1.71. The van der Waals surface area contributed by atoms with Gasteiger partial charge in [0.05, 0.1) is 0 Å². The minimum Gasteiger partial charge on any atom is -0.486 e. The van der Waals surface area contributed by atoms with Gasteiger partial charge in [0.1, 0.15) is 12.4 Å². The molecular formula is C12H14O4. The van der Waals surface area contributed by atoms with Crippen LogP contribution in [0.4, 0.5) is 0 Å². The van der Waals surface area contributed by atoms with E-state index in [2.05, 4.69) is 0 Å². The Bertz CT molecular complexity index is 398. The highest BCUT2D eigenvalue weighted by Gasteiger charge is 2.14. The predicted molar refractivity (Wildman–Crippen MR) is 57.9 cm³/mol. The van der Waals surface area contributed by atoms with Gasteiger partial charge < -0.3 is 14.2 Å². The van der Waals surface area contributed by atoms with E-state index in [0.717, 1.165) is 0 Å². The lowest BCUT2D eigenvalue weighted by Gasteiger charge is -2.07. The smallest absolute Gasteiger partial charge is 0.231 e. The average Bonchev–Trinajstić information content (AvgIpc) is 2.72. The van der Waals surface area contributed by atoms with E-state index in [9.17, 15) is 4.79 Å². The summed E-state index contributed by atoms with van der Waals surface area (Å²) in [5.74, 6) is 2.07. The van der Waals surface area contributed by atoms with Gasteiger partial charge in [0.25, 0.3) is 0 Å². The van der Waals surface area contributed by atoms with Gasteiger partial charge in [-0.3, -0.25) is 4.79 Å². The van der Waals surface area contributed by atoms with Crippen LogP contribution in [0, 0.1) is 5.92 Å². The van der Waals surface area contributed by atoms with Gasteiger partial charge in [0, 0.05) is 12.0 Å². The Morgan fingerprint density at radius 1 is 1.38 bits per heavy atom. The second-order valence-electron chi connectivity index (χ2n) is 3.92. The molecule has 0 radical (unpaired) electrons. The number of rotatable bonds is 4. The van der Waals surface area contributed by atoms with Crippen LogP contribution < -0.4 is 14.2 Å². The first kappa shape index (κ1) is 10.8. The molecule has 0 N–H and O–H groups in total. The Labute approximate surface area is 94.1 Å². The molecular weight excluding hydrogens is 208 g/mol. The Kier molecular flexibility index (Phi) is 2.99. The highest BCUT2D eigenvalue weighted by molar-refractivity contribution is 5.81. The van der Waals surface area contributed by atoms with Crippen LogP contribution in [-0.2, 0) is 4.79 Å². The normalized spacial score (nSPS) is 12.9. The van der Waals surface area contributed by atoms with Crippen molar-refractivity contribution >= 4 is 5.78 Å². The minimum absolute atomic E-state index is 0.00555. The quantitative estimate of drug-likeness (QED) is 0.781. The summed E-state index contributed by atoms with van der Waals surface area (Å²) in [4.78, 5) is 11.4. The zero-order valence-electron chi connectivity index (χ0n) is 9.36. The van der Waals surface area contributed by atoms with Gasteiger partial charge in [0.2, 0.25) is 6.79 Å². The number of carbonyl (C=O) groups is 1. The molecule has 0 aromatic heterocycles. The molecule has 1 heterocycles. The molecule has 86 valence electrons. The number of ketones is 1. The number of carbonyl (C=O) groups excluding carboxylic acids is 1. The first-order chi connectivity index (χ1) is 7.66. The SMILES string of the molecule is CC(C)C(=O)COc1ccc2c(c1)OCO2. The molecule has 4 nitrogen and oxygen atoms in total. The zero-order valence-corrected chi connectivity index (χ0v) is 9.36. The van der Waals surface area contributed by atoms with Crippen LogP contribution in [0.25, 0.3) is 0 Å². The third kappa shape index (κ3) is 2.27. The van der Waals surface area contributed by atoms with Crippen molar-refractivity contribution in [3.63, 3.8) is 0 Å². The highest BCUT2D eigenvalue weighted by atomic mass is 16.7. The summed E-state index contributed by atoms with van der Waals surface area (Å²) in [5, 5.41) is 0. The third-order valence-corrected chi connectivity index (χ3v) is 2.37. The van der Waals surface area contributed by atoms with E-state index in [4.69, 9.17) is 14.2 Å². The van der Waals surface area contributed by atoms with Gasteiger partial charge in [0.15, 0.2) is 17.3 Å². The molecule has 1 aromatic rings. The first-order valence-corrected chi connectivity index (χ1v) is 5.22. The van der Waals surface area contributed by atoms with Crippen molar-refractivity contribution in [1.29, 1.82) is 0 Å². The van der Waals surface area contributed by atoms with Gasteiger partial charge in [-0.1, -0.05) is 13.8 Å². The lowest BCUT2D eigenvalue weighted by Crippen LogP contribution is -2.16. The van der Waals surface area contributed by atoms with E-state index >= 15 is 0 Å². The van der Waals surface area contributed by atoms with Crippen molar-refractivity contribution < 1.29 is 19.0 Å². The van der Waals surface area contributed by atoms with Crippen LogP contribution in [0.3, 0.4) is 0 Å². The van der Waals surface area contributed by atoms with Crippen LogP contribution in [0.1, 0.15) is 13.8 Å². The molecule has 1 aliphatic heterocycles. The van der Waals surface area contributed by atoms with Gasteiger partial charge in [-0.25, -0.2) is 0 Å². The Morgan fingerprint density at radius 2 is 2.12 bits per heavy atom. The molecule has 0 saturated carbocycles. The molecule has 0 fully saturated rings. The third-order valence-electron chi connectivity index (χ3n) is 2.37. The number of ether oxygens (including phenoxy) is 3. The summed E-state index contributed by atoms with van der Waals surface area (Å²) in [6, 6.07) is 5.27. The van der Waals surface area contributed by atoms with E-state index in [1.807, 2.05) is 13.8 Å². The van der Waals surface area contributed by atoms with E-state index in [0.29, 0.717) is 17.2 Å². The van der Waals surface area contributed by atoms with Crippen LogP contribution in [0.5, 0.6) is 17.2 Å². The van der Waals surface area contributed by atoms with Gasteiger partial charge >= 0.3 is 0 Å². The summed E-state index contributed by atoms with van der Waals surface area (Å²) in [5.41, 5.74) is 0. The molecule has 0 bridgehead atoms. The summed E-state index contributed by atoms with van der Waals surface area (Å²) in [6.45, 7) is 4.04. The maximum Gasteiger partial charge on any atom is 0.231 e. The second kappa shape index (κ2) is 4.43. The number of hydrogen-bond acceptors (Lipinski definition) is 4. The molecule has 0 spiro atoms. The van der Waals surface area contributed by atoms with Crippen LogP contribution >= 0.6 is 0 Å². The lowest BCUT2D eigenvalue weighted by molar-refractivity contribution is -0.123. The summed E-state index contributed by atoms with van der Waals surface area (Å²) in [6.07, 6.45) is 0. The maximum absolute atomic E-state index is 11.4. The van der Waals surface area contributed by atoms with Gasteiger partial charge in [-0.2, -0.15) is 0 Å². The minimum atomic E-state index is -0.00555. The number of benzene rings is 1. The lowest BCUT2D eigenvalue weighted by atomic mass is 10.1. The van der Waals surface area contributed by atoms with Gasteiger partial charge in [-0.15, -0.1) is 0 Å². The van der Waals surface area contributed by atoms with Crippen molar-refractivity contribution in [3.05, 3.63) is 18.2 Å². The summed E-state index contributed by atoms with van der Waals surface area (Å²) < 4.78 is 15.7. The highest BCUT2D eigenvalue weighted by Crippen LogP contribution is 2.35. The molecule has 0 unspecified atom stereocenters. The number of hydrogen-bond donors (Lipinski definition) is 0. The van der Waals surface area contributed by atoms with E-state index in [-0.39, 0.29) is 25.1 Å². The predicted octanol–water partition coefficient (Wildman–Crippen LogP) is 2.02. The molecule has 4 heteroatoms. The second-order valence-corrected chi connectivity index (χ2v) is 3.92. The summed E-state index contributed by atoms with van der Waals surface area (Å²) in [7, 11) is 0. The maximum atomic E-state index is 11.4. The fourth-order valence-corrected chi connectivity index (χ4v) is 1.29. The zero-order chi connectivity index (χ0) is 11.5. The standard InChI is InChI=1S/C12H14O4/c1-8(2)10(13)6-14-9-3-4-11-12(5-9)16-7-15-11/h3-5,8H,6-7H2,1-2H3. The van der Waals surface area contributed by atoms with E-state index < -0.39 is 0 Å². The van der Waals surface area contributed by atoms with Crippen molar-refractivity contribution in [2.75, 3.05) is 13.4 Å². The van der Waals surface area contributed by atoms with Gasteiger partial charge in [-0.05, 0) is 12.1 Å². The molecule has 1 aliphatic rings. The molecule has 1 aromatic carbocycles.